The van der Waals surface area contributed by atoms with Crippen LogP contribution in [0.2, 0.25) is 5.02 Å². The van der Waals surface area contributed by atoms with Gasteiger partial charge in [0.1, 0.15) is 28.1 Å². The number of phenols is 1. The molecule has 3 nitrogen and oxygen atoms in total. The Bertz CT molecular complexity index is 839. The van der Waals surface area contributed by atoms with E-state index in [2.05, 4.69) is 0 Å². The van der Waals surface area contributed by atoms with Crippen molar-refractivity contribution in [1.82, 2.24) is 0 Å². The van der Waals surface area contributed by atoms with Crippen LogP contribution < -0.4 is 5.43 Å². The molecule has 1 N–H and O–H groups in total. The molecule has 0 unspecified atom stereocenters. The summed E-state index contributed by atoms with van der Waals surface area (Å²) < 4.78 is 19.0. The van der Waals surface area contributed by atoms with Gasteiger partial charge in [0, 0.05) is 6.07 Å². The van der Waals surface area contributed by atoms with Crippen molar-refractivity contribution in [3.63, 3.8) is 0 Å². The fourth-order valence-electron chi connectivity index (χ4n) is 1.87. The van der Waals surface area contributed by atoms with Gasteiger partial charge in [0.05, 0.1) is 10.4 Å². The number of halogens is 2. The summed E-state index contributed by atoms with van der Waals surface area (Å²) in [5, 5.41) is 9.51. The molecule has 3 rings (SSSR count). The predicted octanol–water partition coefficient (Wildman–Crippen LogP) is 3.44. The van der Waals surface area contributed by atoms with E-state index in [1.807, 2.05) is 0 Å². The van der Waals surface area contributed by atoms with Gasteiger partial charge in [-0.05, 0) is 18.2 Å². The number of rotatable bonds is 0. The molecular weight excluding hydrogens is 259 g/mol. The van der Waals surface area contributed by atoms with Crippen molar-refractivity contribution >= 4 is 33.5 Å². The zero-order valence-electron chi connectivity index (χ0n) is 8.91. The van der Waals surface area contributed by atoms with E-state index in [9.17, 15) is 14.3 Å². The maximum absolute atomic E-state index is 13.6. The second-order valence-electron chi connectivity index (χ2n) is 3.84. The minimum absolute atomic E-state index is 0.0707. The van der Waals surface area contributed by atoms with Crippen molar-refractivity contribution in [2.45, 2.75) is 0 Å². The lowest BCUT2D eigenvalue weighted by Gasteiger charge is -2.03. The summed E-state index contributed by atoms with van der Waals surface area (Å²) in [6.45, 7) is 0. The Morgan fingerprint density at radius 3 is 2.78 bits per heavy atom. The molecular formula is C13H6ClFO3. The first-order valence-electron chi connectivity index (χ1n) is 5.11. The Kier molecular flexibility index (Phi) is 2.28. The zero-order valence-corrected chi connectivity index (χ0v) is 9.66. The second-order valence-corrected chi connectivity index (χ2v) is 4.25. The molecule has 0 spiro atoms. The summed E-state index contributed by atoms with van der Waals surface area (Å²) in [6, 6.07) is 6.64. The Hall–Kier alpha value is -2.07. The molecule has 3 aromatic rings. The fourth-order valence-corrected chi connectivity index (χ4v) is 2.02. The van der Waals surface area contributed by atoms with Gasteiger partial charge in [0.15, 0.2) is 0 Å². The molecule has 0 saturated heterocycles. The van der Waals surface area contributed by atoms with Crippen LogP contribution in [-0.2, 0) is 0 Å². The van der Waals surface area contributed by atoms with Crippen molar-refractivity contribution < 1.29 is 13.9 Å². The molecule has 90 valence electrons. The summed E-state index contributed by atoms with van der Waals surface area (Å²) >= 11 is 5.74. The van der Waals surface area contributed by atoms with Crippen LogP contribution in [0.15, 0.2) is 39.5 Å². The average Bonchev–Trinajstić information content (AvgIpc) is 2.32. The van der Waals surface area contributed by atoms with E-state index in [4.69, 9.17) is 16.0 Å². The van der Waals surface area contributed by atoms with Gasteiger partial charge in [0.25, 0.3) is 0 Å². The summed E-state index contributed by atoms with van der Waals surface area (Å²) in [6.07, 6.45) is 0. The van der Waals surface area contributed by atoms with Crippen LogP contribution in [-0.4, -0.2) is 5.11 Å². The number of aromatic hydroxyl groups is 1. The van der Waals surface area contributed by atoms with E-state index in [-0.39, 0.29) is 32.7 Å². The lowest BCUT2D eigenvalue weighted by atomic mass is 10.1. The predicted molar refractivity (Wildman–Crippen MR) is 66.6 cm³/mol. The molecule has 0 aliphatic heterocycles. The lowest BCUT2D eigenvalue weighted by molar-refractivity contribution is 0.476. The SMILES string of the molecule is O=c1c2cc(O)c(Cl)cc2oc2cccc(F)c12. The smallest absolute Gasteiger partial charge is 0.203 e. The Morgan fingerprint density at radius 2 is 2.00 bits per heavy atom. The standard InChI is InChI=1S/C13H6ClFO3/c14-7-5-11-6(4-9(7)16)13(17)12-8(15)2-1-3-10(12)18-11/h1-5,16H. The van der Waals surface area contributed by atoms with Gasteiger partial charge in [0.2, 0.25) is 5.43 Å². The van der Waals surface area contributed by atoms with E-state index in [0.717, 1.165) is 0 Å². The topological polar surface area (TPSA) is 50.4 Å². The highest BCUT2D eigenvalue weighted by Gasteiger charge is 2.13. The van der Waals surface area contributed by atoms with E-state index in [0.29, 0.717) is 0 Å². The molecule has 0 bridgehead atoms. The van der Waals surface area contributed by atoms with Crippen LogP contribution in [0.4, 0.5) is 4.39 Å². The van der Waals surface area contributed by atoms with Crippen LogP contribution in [0, 0.1) is 5.82 Å². The van der Waals surface area contributed by atoms with Gasteiger partial charge in [-0.1, -0.05) is 17.7 Å². The third kappa shape index (κ3) is 1.46. The normalized spacial score (nSPS) is 11.2. The van der Waals surface area contributed by atoms with Crippen LogP contribution >= 0.6 is 11.6 Å². The molecule has 0 aliphatic rings. The highest BCUT2D eigenvalue weighted by Crippen LogP contribution is 2.29. The van der Waals surface area contributed by atoms with Crippen LogP contribution in [0.1, 0.15) is 0 Å². The van der Waals surface area contributed by atoms with Gasteiger partial charge in [-0.25, -0.2) is 4.39 Å². The zero-order chi connectivity index (χ0) is 12.9. The summed E-state index contributed by atoms with van der Waals surface area (Å²) in [4.78, 5) is 12.1. The third-order valence-corrected chi connectivity index (χ3v) is 3.02. The van der Waals surface area contributed by atoms with Gasteiger partial charge < -0.3 is 9.52 Å². The summed E-state index contributed by atoms with van der Waals surface area (Å²) in [5.41, 5.74) is -0.175. The molecule has 0 aliphatic carbocycles. The Balaban J connectivity index is 2.62. The van der Waals surface area contributed by atoms with Crippen LogP contribution in [0.5, 0.6) is 5.75 Å². The second kappa shape index (κ2) is 3.71. The van der Waals surface area contributed by atoms with E-state index in [1.165, 1.54) is 30.3 Å². The van der Waals surface area contributed by atoms with E-state index in [1.54, 1.807) is 0 Å². The van der Waals surface area contributed by atoms with Crippen molar-refractivity contribution in [2.24, 2.45) is 0 Å². The largest absolute Gasteiger partial charge is 0.506 e. The first-order chi connectivity index (χ1) is 8.58. The van der Waals surface area contributed by atoms with Crippen molar-refractivity contribution in [3.05, 3.63) is 51.4 Å². The molecule has 0 fully saturated rings. The maximum Gasteiger partial charge on any atom is 0.203 e. The molecule has 5 heteroatoms. The molecule has 18 heavy (non-hydrogen) atoms. The minimum atomic E-state index is -0.655. The summed E-state index contributed by atoms with van der Waals surface area (Å²) in [5.74, 6) is -0.898. The van der Waals surface area contributed by atoms with Crippen molar-refractivity contribution in [3.8, 4) is 5.75 Å². The summed E-state index contributed by atoms with van der Waals surface area (Å²) in [7, 11) is 0. The number of phenolic OH excluding ortho intramolecular Hbond substituents is 1. The minimum Gasteiger partial charge on any atom is -0.506 e. The molecule has 2 aromatic carbocycles. The highest BCUT2D eigenvalue weighted by molar-refractivity contribution is 6.32. The quantitative estimate of drug-likeness (QED) is 0.633. The molecule has 1 aromatic heterocycles. The monoisotopic (exact) mass is 264 g/mol. The Labute approximate surface area is 105 Å². The van der Waals surface area contributed by atoms with Crippen LogP contribution in [0.25, 0.3) is 21.9 Å². The van der Waals surface area contributed by atoms with Gasteiger partial charge >= 0.3 is 0 Å². The van der Waals surface area contributed by atoms with Crippen molar-refractivity contribution in [1.29, 1.82) is 0 Å². The lowest BCUT2D eigenvalue weighted by Crippen LogP contribution is -2.04. The first kappa shape index (κ1) is 11.0. The molecule has 0 saturated carbocycles. The first-order valence-corrected chi connectivity index (χ1v) is 5.49. The third-order valence-electron chi connectivity index (χ3n) is 2.72. The molecule has 0 atom stereocenters. The van der Waals surface area contributed by atoms with Gasteiger partial charge in [-0.3, -0.25) is 4.79 Å². The van der Waals surface area contributed by atoms with E-state index >= 15 is 0 Å². The molecule has 0 amide bonds. The van der Waals surface area contributed by atoms with Crippen LogP contribution in [0.3, 0.4) is 0 Å². The maximum atomic E-state index is 13.6. The molecule has 0 radical (unpaired) electrons. The van der Waals surface area contributed by atoms with E-state index < -0.39 is 11.2 Å². The molecule has 1 heterocycles. The number of hydrogen-bond acceptors (Lipinski definition) is 3. The number of hydrogen-bond donors (Lipinski definition) is 1. The average molecular weight is 265 g/mol. The van der Waals surface area contributed by atoms with Gasteiger partial charge in [-0.15, -0.1) is 0 Å². The van der Waals surface area contributed by atoms with Gasteiger partial charge in [-0.2, -0.15) is 0 Å². The number of benzene rings is 2. The highest BCUT2D eigenvalue weighted by atomic mass is 35.5. The fraction of sp³-hybridized carbons (Fsp3) is 0. The number of fused-ring (bicyclic) bond motifs is 2. The van der Waals surface area contributed by atoms with Crippen molar-refractivity contribution in [2.75, 3.05) is 0 Å². The Morgan fingerprint density at radius 1 is 1.22 bits per heavy atom.